The molecular formula is C16H20BrNO2. The quantitative estimate of drug-likeness (QED) is 0.918. The van der Waals surface area contributed by atoms with E-state index in [0.29, 0.717) is 12.5 Å². The number of ether oxygens (including phenoxy) is 1. The van der Waals surface area contributed by atoms with Gasteiger partial charge in [-0.15, -0.1) is 0 Å². The van der Waals surface area contributed by atoms with Crippen molar-refractivity contribution in [3.63, 3.8) is 0 Å². The van der Waals surface area contributed by atoms with Crippen LogP contribution in [0.4, 0.5) is 0 Å². The molecule has 1 aromatic rings. The third-order valence-electron chi connectivity index (χ3n) is 4.24. The van der Waals surface area contributed by atoms with Gasteiger partial charge in [-0.05, 0) is 55.5 Å². The summed E-state index contributed by atoms with van der Waals surface area (Å²) in [6, 6.07) is 5.98. The predicted molar refractivity (Wildman–Crippen MR) is 83.6 cm³/mol. The molecule has 1 aromatic carbocycles. The lowest BCUT2D eigenvalue weighted by atomic mass is 9.83. The summed E-state index contributed by atoms with van der Waals surface area (Å²) < 4.78 is 6.58. The molecule has 0 radical (unpaired) electrons. The fourth-order valence-electron chi connectivity index (χ4n) is 3.13. The molecule has 3 fully saturated rings. The molecule has 1 N–H and O–H groups in total. The van der Waals surface area contributed by atoms with Crippen molar-refractivity contribution in [3.8, 4) is 5.75 Å². The maximum absolute atomic E-state index is 10.4. The molecule has 3 saturated heterocycles. The first kappa shape index (κ1) is 14.0. The van der Waals surface area contributed by atoms with E-state index in [2.05, 4.69) is 26.9 Å². The Bertz CT molecular complexity index is 517. The van der Waals surface area contributed by atoms with Crippen molar-refractivity contribution >= 4 is 22.0 Å². The molecule has 4 heteroatoms. The number of aliphatic hydroxyl groups excluding tert-OH is 1. The van der Waals surface area contributed by atoms with Crippen LogP contribution in [0.1, 0.15) is 25.3 Å². The number of rotatable bonds is 3. The van der Waals surface area contributed by atoms with Gasteiger partial charge in [0.2, 0.25) is 0 Å². The minimum absolute atomic E-state index is 0.319. The highest BCUT2D eigenvalue weighted by Crippen LogP contribution is 2.36. The summed E-state index contributed by atoms with van der Waals surface area (Å²) in [6.45, 7) is 4.77. The van der Waals surface area contributed by atoms with Gasteiger partial charge in [0.05, 0.1) is 12.7 Å². The summed E-state index contributed by atoms with van der Waals surface area (Å²) >= 11 is 3.58. The first-order valence-corrected chi connectivity index (χ1v) is 8.05. The second kappa shape index (κ2) is 5.78. The van der Waals surface area contributed by atoms with Crippen molar-refractivity contribution in [1.82, 2.24) is 4.90 Å². The molecule has 3 nitrogen and oxygen atoms in total. The maximum Gasteiger partial charge on any atom is 0.119 e. The molecule has 0 saturated carbocycles. The number of hydrogen-bond acceptors (Lipinski definition) is 3. The average Bonchev–Trinajstić information content (AvgIpc) is 2.47. The first-order chi connectivity index (χ1) is 9.69. The monoisotopic (exact) mass is 337 g/mol. The smallest absolute Gasteiger partial charge is 0.119 e. The standard InChI is InChI=1S/C16H20BrNO2/c1-2-20-13-3-4-14(17)12(9-13)10-15-16(19)11-5-7-18(15)8-6-11/h3-4,9-11,16,19H,2,5-8H2,1H3/b15-10-/t16-/m1/s1. The highest BCUT2D eigenvalue weighted by molar-refractivity contribution is 9.10. The lowest BCUT2D eigenvalue weighted by Crippen LogP contribution is -2.48. The van der Waals surface area contributed by atoms with Crippen molar-refractivity contribution in [3.05, 3.63) is 33.9 Å². The van der Waals surface area contributed by atoms with Crippen molar-refractivity contribution < 1.29 is 9.84 Å². The molecule has 4 rings (SSSR count). The van der Waals surface area contributed by atoms with Crippen LogP contribution in [-0.4, -0.2) is 35.8 Å². The van der Waals surface area contributed by atoms with E-state index in [4.69, 9.17) is 4.74 Å². The average molecular weight is 338 g/mol. The summed E-state index contributed by atoms with van der Waals surface area (Å²) in [5.41, 5.74) is 2.12. The van der Waals surface area contributed by atoms with Crippen LogP contribution < -0.4 is 4.74 Å². The molecule has 0 aliphatic carbocycles. The molecule has 3 aliphatic heterocycles. The Labute approximate surface area is 128 Å². The minimum Gasteiger partial charge on any atom is -0.494 e. The van der Waals surface area contributed by atoms with Crippen LogP contribution in [0.25, 0.3) is 6.08 Å². The molecule has 1 atom stereocenters. The van der Waals surface area contributed by atoms with Gasteiger partial charge in [-0.3, -0.25) is 0 Å². The van der Waals surface area contributed by atoms with Crippen molar-refractivity contribution in [1.29, 1.82) is 0 Å². The van der Waals surface area contributed by atoms with Gasteiger partial charge in [0.15, 0.2) is 0 Å². The Morgan fingerprint density at radius 1 is 1.40 bits per heavy atom. The van der Waals surface area contributed by atoms with E-state index in [-0.39, 0.29) is 6.10 Å². The molecule has 108 valence electrons. The number of benzene rings is 1. The Kier molecular flexibility index (Phi) is 4.03. The molecule has 0 spiro atoms. The lowest BCUT2D eigenvalue weighted by Gasteiger charge is -2.46. The third kappa shape index (κ3) is 2.59. The first-order valence-electron chi connectivity index (χ1n) is 7.26. The van der Waals surface area contributed by atoms with Gasteiger partial charge < -0.3 is 14.7 Å². The van der Waals surface area contributed by atoms with Gasteiger partial charge >= 0.3 is 0 Å². The van der Waals surface area contributed by atoms with Gasteiger partial charge in [0, 0.05) is 23.3 Å². The van der Waals surface area contributed by atoms with Crippen molar-refractivity contribution in [2.45, 2.75) is 25.9 Å². The molecule has 2 bridgehead atoms. The van der Waals surface area contributed by atoms with E-state index in [1.54, 1.807) is 0 Å². The number of halogens is 1. The van der Waals surface area contributed by atoms with Gasteiger partial charge in [-0.1, -0.05) is 15.9 Å². The molecule has 0 aromatic heterocycles. The molecule has 0 amide bonds. The Morgan fingerprint density at radius 2 is 2.15 bits per heavy atom. The largest absolute Gasteiger partial charge is 0.494 e. The summed E-state index contributed by atoms with van der Waals surface area (Å²) in [5.74, 6) is 1.30. The fourth-order valence-corrected chi connectivity index (χ4v) is 3.49. The molecule has 3 aliphatic rings. The van der Waals surface area contributed by atoms with Crippen LogP contribution in [0, 0.1) is 5.92 Å². The molecule has 0 unspecified atom stereocenters. The Morgan fingerprint density at radius 3 is 2.80 bits per heavy atom. The van der Waals surface area contributed by atoms with Gasteiger partial charge in [-0.25, -0.2) is 0 Å². The second-order valence-electron chi connectivity index (χ2n) is 5.45. The molecular weight excluding hydrogens is 318 g/mol. The number of nitrogens with zero attached hydrogens (tertiary/aromatic N) is 1. The highest BCUT2D eigenvalue weighted by Gasteiger charge is 2.36. The lowest BCUT2D eigenvalue weighted by molar-refractivity contribution is 0.0215. The molecule has 20 heavy (non-hydrogen) atoms. The fraction of sp³-hybridized carbons (Fsp3) is 0.500. The SMILES string of the molecule is CCOc1ccc(Br)c(/C=C2/[C@H](O)C3CCN2CC3)c1. The van der Waals surface area contributed by atoms with Crippen LogP contribution in [0.2, 0.25) is 0 Å². The third-order valence-corrected chi connectivity index (χ3v) is 4.96. The van der Waals surface area contributed by atoms with E-state index >= 15 is 0 Å². The van der Waals surface area contributed by atoms with Crippen molar-refractivity contribution in [2.24, 2.45) is 5.92 Å². The zero-order valence-electron chi connectivity index (χ0n) is 11.7. The van der Waals surface area contributed by atoms with Gasteiger partial charge in [-0.2, -0.15) is 0 Å². The summed E-state index contributed by atoms with van der Waals surface area (Å²) in [4.78, 5) is 2.31. The number of fused-ring (bicyclic) bond motifs is 3. The predicted octanol–water partition coefficient (Wildman–Crippen LogP) is 3.28. The van der Waals surface area contributed by atoms with E-state index in [0.717, 1.165) is 47.4 Å². The zero-order chi connectivity index (χ0) is 14.1. The van der Waals surface area contributed by atoms with Gasteiger partial charge in [0.25, 0.3) is 0 Å². The van der Waals surface area contributed by atoms with Crippen LogP contribution in [0.15, 0.2) is 28.4 Å². The summed E-state index contributed by atoms with van der Waals surface area (Å²) in [7, 11) is 0. The Balaban J connectivity index is 1.93. The van der Waals surface area contributed by atoms with E-state index in [1.807, 2.05) is 25.1 Å². The highest BCUT2D eigenvalue weighted by atomic mass is 79.9. The van der Waals surface area contributed by atoms with E-state index in [1.165, 1.54) is 0 Å². The van der Waals surface area contributed by atoms with Crippen LogP contribution in [0.5, 0.6) is 5.75 Å². The maximum atomic E-state index is 10.4. The summed E-state index contributed by atoms with van der Waals surface area (Å²) in [6.07, 6.45) is 4.00. The normalized spacial score (nSPS) is 27.1. The van der Waals surface area contributed by atoms with E-state index in [9.17, 15) is 5.11 Å². The van der Waals surface area contributed by atoms with Gasteiger partial charge in [0.1, 0.15) is 5.75 Å². The zero-order valence-corrected chi connectivity index (χ0v) is 13.3. The Hall–Kier alpha value is -1.00. The van der Waals surface area contributed by atoms with Crippen LogP contribution >= 0.6 is 15.9 Å². The van der Waals surface area contributed by atoms with Crippen LogP contribution in [0.3, 0.4) is 0 Å². The van der Waals surface area contributed by atoms with Crippen LogP contribution in [-0.2, 0) is 0 Å². The number of hydrogen-bond donors (Lipinski definition) is 1. The minimum atomic E-state index is -0.319. The molecule has 3 heterocycles. The van der Waals surface area contributed by atoms with E-state index < -0.39 is 0 Å². The second-order valence-corrected chi connectivity index (χ2v) is 6.31. The number of aliphatic hydroxyl groups is 1. The topological polar surface area (TPSA) is 32.7 Å². The number of piperidine rings is 3. The van der Waals surface area contributed by atoms with Crippen molar-refractivity contribution in [2.75, 3.05) is 19.7 Å². The summed E-state index contributed by atoms with van der Waals surface area (Å²) in [5, 5.41) is 10.4.